The van der Waals surface area contributed by atoms with E-state index in [2.05, 4.69) is 0 Å². The highest BCUT2D eigenvalue weighted by Crippen LogP contribution is 2.41. The molecule has 3 heterocycles. The van der Waals surface area contributed by atoms with Crippen molar-refractivity contribution in [2.45, 2.75) is 0 Å². The van der Waals surface area contributed by atoms with Gasteiger partial charge in [0, 0.05) is 54.9 Å². The zero-order valence-corrected chi connectivity index (χ0v) is 26.1. The quantitative estimate of drug-likeness (QED) is 0.177. The van der Waals surface area contributed by atoms with Gasteiger partial charge in [-0.1, -0.05) is 121 Å². The summed E-state index contributed by atoms with van der Waals surface area (Å²) in [6.07, 6.45) is 0. The van der Waals surface area contributed by atoms with Crippen LogP contribution >= 0.6 is 0 Å². The molecule has 0 saturated heterocycles. The maximum absolute atomic E-state index is 10.1. The van der Waals surface area contributed by atoms with Crippen molar-refractivity contribution in [2.24, 2.45) is 0 Å². The summed E-state index contributed by atoms with van der Waals surface area (Å²) in [7, 11) is 0. The van der Waals surface area contributed by atoms with E-state index in [4.69, 9.17) is 15.1 Å². The molecule has 11 aromatic rings. The van der Waals surface area contributed by atoms with Crippen LogP contribution in [0.25, 0.3) is 93.6 Å². The molecule has 11 rings (SSSR count). The normalized spacial score (nSPS) is 17.7. The SMILES string of the molecule is [2H]c1c([2H])c([2H])c2c(c1[2H])c1c([2H])c([2H])c(-n3c4c([2H])c([2H])c([2H])c([2H])c4c4c([2H])c(-c5c([2H])c([2H])c([2H])c6c7c([2H])c([2H])c([2H])c([2H])c7n(-c7ccccc7)c56)c([2H])c([2H])c43)c([2H])c1n2-c1ccccc1. The van der Waals surface area contributed by atoms with Gasteiger partial charge in [0.05, 0.1) is 61.9 Å². The number of benzene rings is 8. The molecule has 3 heteroatoms. The first-order valence-electron chi connectivity index (χ1n) is 26.3. The van der Waals surface area contributed by atoms with Crippen LogP contribution in [0, 0.1) is 0 Å². The molecule has 0 amide bonds. The van der Waals surface area contributed by atoms with Gasteiger partial charge in [-0.2, -0.15) is 0 Å². The average molecular weight is 671 g/mol. The largest absolute Gasteiger partial charge is 0.309 e. The van der Waals surface area contributed by atoms with E-state index in [0.717, 1.165) is 4.57 Å². The molecule has 0 N–H and O–H groups in total. The van der Waals surface area contributed by atoms with Gasteiger partial charge < -0.3 is 13.7 Å². The molecule has 238 valence electrons. The average Bonchev–Trinajstić information content (AvgIpc) is 4.05. The summed E-state index contributed by atoms with van der Waals surface area (Å²) in [5.74, 6) is 0. The predicted molar refractivity (Wildman–Crippen MR) is 215 cm³/mol. The Balaban J connectivity index is 1.39. The number of hydrogen-bond acceptors (Lipinski definition) is 0. The Bertz CT molecular complexity index is 4330. The fraction of sp³-hybridized carbons (Fsp3) is 0. The lowest BCUT2D eigenvalue weighted by atomic mass is 10.00. The van der Waals surface area contributed by atoms with E-state index in [1.165, 1.54) is 9.13 Å². The molecule has 0 unspecified atom stereocenters. The zero-order valence-electron chi connectivity index (χ0n) is 47.1. The molecule has 0 radical (unpaired) electrons. The van der Waals surface area contributed by atoms with Crippen LogP contribution in [0.2, 0.25) is 0 Å². The summed E-state index contributed by atoms with van der Waals surface area (Å²) in [6, 6.07) is 1.71. The van der Waals surface area contributed by atoms with Crippen molar-refractivity contribution < 1.29 is 28.8 Å². The summed E-state index contributed by atoms with van der Waals surface area (Å²) in [5, 5.41) is -1.72. The Morgan fingerprint density at radius 3 is 1.53 bits per heavy atom. The Morgan fingerprint density at radius 2 is 0.843 bits per heavy atom. The number of fused-ring (bicyclic) bond motifs is 9. The first-order chi connectivity index (χ1) is 34.1. The number of para-hydroxylation sites is 6. The third kappa shape index (κ3) is 4.06. The Kier molecular flexibility index (Phi) is 3.09. The molecule has 8 aromatic carbocycles. The highest BCUT2D eigenvalue weighted by atomic mass is 15.0. The summed E-state index contributed by atoms with van der Waals surface area (Å²) >= 11 is 0. The fourth-order valence-electron chi connectivity index (χ4n) is 6.90. The van der Waals surface area contributed by atoms with Gasteiger partial charge in [0.2, 0.25) is 0 Å². The maximum atomic E-state index is 10.1. The molecule has 0 fully saturated rings. The van der Waals surface area contributed by atoms with Crippen LogP contribution in [-0.4, -0.2) is 13.7 Å². The van der Waals surface area contributed by atoms with E-state index in [-0.39, 0.29) is 55.0 Å². The summed E-state index contributed by atoms with van der Waals surface area (Å²) < 4.78 is 197. The molecular formula is C48H31N3. The molecule has 51 heavy (non-hydrogen) atoms. The van der Waals surface area contributed by atoms with Gasteiger partial charge in [-0.25, -0.2) is 0 Å². The van der Waals surface area contributed by atoms with Gasteiger partial charge in [0.1, 0.15) is 0 Å². The third-order valence-corrected chi connectivity index (χ3v) is 9.02. The zero-order chi connectivity index (χ0) is 51.7. The number of hydrogen-bond donors (Lipinski definition) is 0. The van der Waals surface area contributed by atoms with Crippen molar-refractivity contribution in [1.82, 2.24) is 13.7 Å². The van der Waals surface area contributed by atoms with Crippen molar-refractivity contribution in [3.8, 4) is 28.2 Å². The number of nitrogens with zero attached hydrogens (tertiary/aromatic N) is 3. The molecule has 0 saturated carbocycles. The molecule has 0 aliphatic heterocycles. The van der Waals surface area contributed by atoms with Gasteiger partial charge in [0.25, 0.3) is 0 Å². The van der Waals surface area contributed by atoms with Crippen LogP contribution in [-0.2, 0) is 0 Å². The van der Waals surface area contributed by atoms with Crippen LogP contribution in [0.1, 0.15) is 28.8 Å². The summed E-state index contributed by atoms with van der Waals surface area (Å²) in [4.78, 5) is 0. The van der Waals surface area contributed by atoms with Crippen molar-refractivity contribution in [2.75, 3.05) is 0 Å². The van der Waals surface area contributed by atoms with Crippen molar-refractivity contribution >= 4 is 65.4 Å². The monoisotopic (exact) mass is 670 g/mol. The lowest BCUT2D eigenvalue weighted by Crippen LogP contribution is -1.97. The molecule has 3 nitrogen and oxygen atoms in total. The summed E-state index contributed by atoms with van der Waals surface area (Å²) in [6.45, 7) is 0. The molecule has 3 aromatic heterocycles. The Hall–Kier alpha value is -6.84. The molecule has 0 atom stereocenters. The Labute approximate surface area is 324 Å². The van der Waals surface area contributed by atoms with E-state index in [1.54, 1.807) is 60.7 Å². The van der Waals surface area contributed by atoms with E-state index < -0.39 is 166 Å². The summed E-state index contributed by atoms with van der Waals surface area (Å²) in [5.41, 5.74) is -2.72. The lowest BCUT2D eigenvalue weighted by molar-refractivity contribution is 1.15. The molecular weight excluding hydrogens is 619 g/mol. The second-order valence-electron chi connectivity index (χ2n) is 11.7. The van der Waals surface area contributed by atoms with Crippen molar-refractivity contribution in [1.29, 1.82) is 0 Å². The number of aromatic nitrogens is 3. The van der Waals surface area contributed by atoms with Gasteiger partial charge in [-0.05, 0) is 72.1 Å². The van der Waals surface area contributed by atoms with Crippen LogP contribution in [0.15, 0.2) is 188 Å². The highest BCUT2D eigenvalue weighted by Gasteiger charge is 2.19. The van der Waals surface area contributed by atoms with Crippen molar-refractivity contribution in [3.63, 3.8) is 0 Å². The van der Waals surface area contributed by atoms with Crippen LogP contribution < -0.4 is 0 Å². The smallest absolute Gasteiger partial charge is 0.0667 e. The van der Waals surface area contributed by atoms with Gasteiger partial charge in [-0.3, -0.25) is 0 Å². The lowest BCUT2D eigenvalue weighted by Gasteiger charge is -2.13. The van der Waals surface area contributed by atoms with E-state index in [1.807, 2.05) is 0 Å². The highest BCUT2D eigenvalue weighted by molar-refractivity contribution is 6.16. The van der Waals surface area contributed by atoms with E-state index in [9.17, 15) is 13.7 Å². The van der Waals surface area contributed by atoms with Gasteiger partial charge in [0.15, 0.2) is 0 Å². The standard InChI is InChI=1S/C48H31N3/c1-3-14-33(15-4-1)49-43-23-10-7-18-37(43)40-28-27-35(31-47(40)49)50-44-24-11-9-20-39(44)42-30-32(26-29-46(42)50)36-21-13-22-41-38-19-8-12-25-45(38)51(48(36)41)34-16-5-2-6-17-34/h1-31H/i7D,8D,9D,10D,11D,12D,13D,18D,19D,20D,21D,22D,23D,24D,25D,26D,27D,28D,29D,30D,31D. The molecule has 0 bridgehead atoms. The first kappa shape index (κ1) is 14.6. The Morgan fingerprint density at radius 1 is 0.333 bits per heavy atom. The van der Waals surface area contributed by atoms with Gasteiger partial charge >= 0.3 is 0 Å². The number of rotatable bonds is 4. The maximum Gasteiger partial charge on any atom is 0.0667 e. The second-order valence-corrected chi connectivity index (χ2v) is 11.7. The van der Waals surface area contributed by atoms with Gasteiger partial charge in [-0.15, -0.1) is 0 Å². The topological polar surface area (TPSA) is 14.8 Å². The molecule has 0 aliphatic rings. The van der Waals surface area contributed by atoms with Crippen molar-refractivity contribution in [3.05, 3.63) is 188 Å². The van der Waals surface area contributed by atoms with Crippen LogP contribution in [0.5, 0.6) is 0 Å². The first-order valence-corrected chi connectivity index (χ1v) is 15.8. The van der Waals surface area contributed by atoms with E-state index >= 15 is 0 Å². The predicted octanol–water partition coefficient (Wildman–Crippen LogP) is 12.6. The molecule has 0 aliphatic carbocycles. The minimum absolute atomic E-state index is 0.136. The molecule has 0 spiro atoms. The second kappa shape index (κ2) is 10.8. The minimum atomic E-state index is -0.838. The van der Waals surface area contributed by atoms with Crippen LogP contribution in [0.3, 0.4) is 0 Å². The fourth-order valence-corrected chi connectivity index (χ4v) is 6.90. The van der Waals surface area contributed by atoms with E-state index in [0.29, 0.717) is 0 Å². The minimum Gasteiger partial charge on any atom is -0.309 e. The van der Waals surface area contributed by atoms with Crippen LogP contribution in [0.4, 0.5) is 0 Å². The third-order valence-electron chi connectivity index (χ3n) is 9.02.